The van der Waals surface area contributed by atoms with E-state index in [1.165, 1.54) is 0 Å². The number of aryl methyl sites for hydroxylation is 1. The van der Waals surface area contributed by atoms with Gasteiger partial charge in [0.25, 0.3) is 0 Å². The van der Waals surface area contributed by atoms with Crippen molar-refractivity contribution in [2.75, 3.05) is 0 Å². The van der Waals surface area contributed by atoms with E-state index in [1.54, 1.807) is 17.3 Å². The van der Waals surface area contributed by atoms with Crippen LogP contribution in [0.25, 0.3) is 16.6 Å². The fraction of sp³-hybridized carbons (Fsp3) is 0.0952. The molecule has 1 atom stereocenters. The van der Waals surface area contributed by atoms with Crippen LogP contribution in [0.5, 0.6) is 0 Å². The molecule has 1 unspecified atom stereocenters. The summed E-state index contributed by atoms with van der Waals surface area (Å²) in [6.45, 7) is 1.96. The number of hydrogen-bond donors (Lipinski definition) is 4. The second kappa shape index (κ2) is 6.83. The van der Waals surface area contributed by atoms with Crippen LogP contribution in [0.1, 0.15) is 16.8 Å². The molecule has 0 amide bonds. The molecule has 0 saturated carbocycles. The monoisotopic (exact) mass is 384 g/mol. The maximum atomic E-state index is 6.25. The zero-order chi connectivity index (χ0) is 19.8. The van der Waals surface area contributed by atoms with Crippen molar-refractivity contribution in [1.29, 1.82) is 0 Å². The van der Waals surface area contributed by atoms with Crippen LogP contribution >= 0.6 is 0 Å². The molecule has 144 valence electrons. The number of hydrazone groups is 2. The van der Waals surface area contributed by atoms with Crippen LogP contribution in [0.2, 0.25) is 0 Å². The predicted octanol–water partition coefficient (Wildman–Crippen LogP) is 2.19. The molecule has 1 aromatic carbocycles. The first-order chi connectivity index (χ1) is 14.2. The van der Waals surface area contributed by atoms with E-state index in [4.69, 9.17) is 5.73 Å². The quantitative estimate of drug-likeness (QED) is 0.409. The highest BCUT2D eigenvalue weighted by atomic mass is 15.6. The number of pyridine rings is 1. The second-order valence-electron chi connectivity index (χ2n) is 6.95. The Morgan fingerprint density at radius 3 is 3.00 bits per heavy atom. The Morgan fingerprint density at radius 1 is 1.24 bits per heavy atom. The first kappa shape index (κ1) is 17.1. The van der Waals surface area contributed by atoms with Gasteiger partial charge in [-0.05, 0) is 25.1 Å². The fourth-order valence-corrected chi connectivity index (χ4v) is 3.38. The number of amidine groups is 1. The third-order valence-corrected chi connectivity index (χ3v) is 4.89. The Kier molecular flexibility index (Phi) is 4.02. The fourth-order valence-electron chi connectivity index (χ4n) is 3.38. The van der Waals surface area contributed by atoms with E-state index in [9.17, 15) is 0 Å². The van der Waals surface area contributed by atoms with E-state index in [1.807, 2.05) is 55.8 Å². The molecule has 8 heteroatoms. The largest absolute Gasteiger partial charge is 0.399 e. The zero-order valence-electron chi connectivity index (χ0n) is 15.8. The standard InChI is InChI=1S/C21H20N8/c1-13-6-7-14(9-23-13)19-12-29-21(26-19)17(22)8-20(28-29)27-25-11-15-10-24-18-5-3-2-4-16(15)18/h2-12,21,24,26H,22H2,1H3,(H,27,28)/b25-11+. The van der Waals surface area contributed by atoms with Gasteiger partial charge in [0, 0.05) is 46.2 Å². The van der Waals surface area contributed by atoms with Gasteiger partial charge in [0.15, 0.2) is 12.0 Å². The van der Waals surface area contributed by atoms with Crippen molar-refractivity contribution in [1.82, 2.24) is 25.7 Å². The third-order valence-electron chi connectivity index (χ3n) is 4.89. The van der Waals surface area contributed by atoms with E-state index in [-0.39, 0.29) is 6.17 Å². The Morgan fingerprint density at radius 2 is 2.14 bits per heavy atom. The molecule has 0 aliphatic carbocycles. The van der Waals surface area contributed by atoms with E-state index in [0.29, 0.717) is 11.5 Å². The highest BCUT2D eigenvalue weighted by Gasteiger charge is 2.29. The number of aromatic amines is 1. The van der Waals surface area contributed by atoms with Gasteiger partial charge in [-0.25, -0.2) is 5.01 Å². The van der Waals surface area contributed by atoms with Crippen molar-refractivity contribution >= 4 is 28.7 Å². The molecule has 29 heavy (non-hydrogen) atoms. The Hall–Kier alpha value is -4.07. The molecule has 2 aromatic heterocycles. The number of rotatable bonds is 3. The van der Waals surface area contributed by atoms with Crippen LogP contribution in [0.3, 0.4) is 0 Å². The van der Waals surface area contributed by atoms with Gasteiger partial charge < -0.3 is 16.0 Å². The van der Waals surface area contributed by atoms with Crippen molar-refractivity contribution in [2.45, 2.75) is 13.1 Å². The minimum absolute atomic E-state index is 0.213. The molecule has 3 aromatic rings. The lowest BCUT2D eigenvalue weighted by Gasteiger charge is -2.25. The molecule has 0 spiro atoms. The lowest BCUT2D eigenvalue weighted by Crippen LogP contribution is -2.42. The summed E-state index contributed by atoms with van der Waals surface area (Å²) in [7, 11) is 0. The van der Waals surface area contributed by atoms with Crippen molar-refractivity contribution in [3.63, 3.8) is 0 Å². The van der Waals surface area contributed by atoms with Gasteiger partial charge in [-0.2, -0.15) is 10.2 Å². The summed E-state index contributed by atoms with van der Waals surface area (Å²) in [6.07, 6.45) is 9.01. The molecule has 0 radical (unpaired) electrons. The normalized spacial score (nSPS) is 18.3. The predicted molar refractivity (Wildman–Crippen MR) is 114 cm³/mol. The summed E-state index contributed by atoms with van der Waals surface area (Å²) in [6, 6.07) is 12.1. The van der Waals surface area contributed by atoms with Crippen molar-refractivity contribution < 1.29 is 0 Å². The van der Waals surface area contributed by atoms with Crippen molar-refractivity contribution in [3.8, 4) is 0 Å². The lowest BCUT2D eigenvalue weighted by molar-refractivity contribution is 0.321. The van der Waals surface area contributed by atoms with E-state index >= 15 is 0 Å². The number of benzene rings is 1. The summed E-state index contributed by atoms with van der Waals surface area (Å²) >= 11 is 0. The summed E-state index contributed by atoms with van der Waals surface area (Å²) < 4.78 is 0. The number of hydrogen-bond acceptors (Lipinski definition) is 7. The smallest absolute Gasteiger partial charge is 0.168 e. The molecule has 0 saturated heterocycles. The summed E-state index contributed by atoms with van der Waals surface area (Å²) in [5.74, 6) is 0.566. The van der Waals surface area contributed by atoms with Gasteiger partial charge >= 0.3 is 0 Å². The lowest BCUT2D eigenvalue weighted by atomic mass is 10.2. The molecule has 4 heterocycles. The van der Waals surface area contributed by atoms with Crippen LogP contribution in [0, 0.1) is 6.92 Å². The maximum absolute atomic E-state index is 6.25. The van der Waals surface area contributed by atoms with Gasteiger partial charge in [-0.15, -0.1) is 0 Å². The number of aromatic nitrogens is 2. The van der Waals surface area contributed by atoms with Crippen LogP contribution in [0.4, 0.5) is 0 Å². The molecule has 2 aliphatic rings. The molecular formula is C21H20N8. The highest BCUT2D eigenvalue weighted by Crippen LogP contribution is 2.24. The number of nitrogens with one attached hydrogen (secondary N) is 3. The van der Waals surface area contributed by atoms with Crippen molar-refractivity contribution in [3.05, 3.63) is 83.6 Å². The van der Waals surface area contributed by atoms with Gasteiger partial charge in [-0.1, -0.05) is 18.2 Å². The highest BCUT2D eigenvalue weighted by molar-refractivity contribution is 6.00. The number of para-hydroxylation sites is 1. The van der Waals surface area contributed by atoms with Crippen LogP contribution in [-0.2, 0) is 0 Å². The SMILES string of the molecule is Cc1ccc(C2=CN3N=C(N/N=C/c4c[nH]c5ccccc45)C=C(N)C3N2)cn1. The van der Waals surface area contributed by atoms with E-state index < -0.39 is 0 Å². The first-order valence-electron chi connectivity index (χ1n) is 9.28. The molecule has 0 bridgehead atoms. The summed E-state index contributed by atoms with van der Waals surface area (Å²) in [4.78, 5) is 7.57. The van der Waals surface area contributed by atoms with Crippen LogP contribution in [-0.4, -0.2) is 33.2 Å². The molecular weight excluding hydrogens is 364 g/mol. The first-order valence-corrected chi connectivity index (χ1v) is 9.28. The molecule has 2 aliphatic heterocycles. The minimum Gasteiger partial charge on any atom is -0.399 e. The van der Waals surface area contributed by atoms with Crippen LogP contribution < -0.4 is 16.5 Å². The Bertz CT molecular complexity index is 1180. The maximum Gasteiger partial charge on any atom is 0.168 e. The van der Waals surface area contributed by atoms with Gasteiger partial charge in [0.1, 0.15) is 0 Å². The zero-order valence-corrected chi connectivity index (χ0v) is 15.8. The van der Waals surface area contributed by atoms with E-state index in [2.05, 4.69) is 37.0 Å². The Labute approximate surface area is 167 Å². The second-order valence-corrected chi connectivity index (χ2v) is 6.95. The number of nitrogens with two attached hydrogens (primary N) is 1. The van der Waals surface area contributed by atoms with Crippen molar-refractivity contribution in [2.24, 2.45) is 15.9 Å². The van der Waals surface area contributed by atoms with Gasteiger partial charge in [-0.3, -0.25) is 10.4 Å². The van der Waals surface area contributed by atoms with Gasteiger partial charge in [0.05, 0.1) is 23.8 Å². The molecule has 5 rings (SSSR count). The number of nitrogens with zero attached hydrogens (tertiary/aromatic N) is 4. The molecule has 8 nitrogen and oxygen atoms in total. The minimum atomic E-state index is -0.213. The number of fused-ring (bicyclic) bond motifs is 2. The average molecular weight is 384 g/mol. The molecule has 0 fully saturated rings. The molecule has 5 N–H and O–H groups in total. The Balaban J connectivity index is 1.34. The number of H-pyrrole nitrogens is 1. The third kappa shape index (κ3) is 3.20. The average Bonchev–Trinajstić information content (AvgIpc) is 3.34. The van der Waals surface area contributed by atoms with E-state index in [0.717, 1.165) is 33.4 Å². The topological polar surface area (TPSA) is 107 Å². The van der Waals surface area contributed by atoms with Crippen LogP contribution in [0.15, 0.2) is 77.0 Å². The summed E-state index contributed by atoms with van der Waals surface area (Å²) in [5.41, 5.74) is 14.8. The van der Waals surface area contributed by atoms with Gasteiger partial charge in [0.2, 0.25) is 0 Å². The summed E-state index contributed by atoms with van der Waals surface area (Å²) in [5, 5.41) is 15.2.